The van der Waals surface area contributed by atoms with E-state index < -0.39 is 0 Å². The van der Waals surface area contributed by atoms with Crippen molar-refractivity contribution in [1.29, 1.82) is 0 Å². The molecule has 1 fully saturated rings. The summed E-state index contributed by atoms with van der Waals surface area (Å²) >= 11 is 0. The molecule has 1 aliphatic rings. The first-order valence-corrected chi connectivity index (χ1v) is 6.11. The first-order valence-electron chi connectivity index (χ1n) is 6.11. The smallest absolute Gasteiger partial charge is 0.232 e. The van der Waals surface area contributed by atoms with E-state index in [4.69, 9.17) is 0 Å². The molecule has 5 heteroatoms. The second-order valence-corrected chi connectivity index (χ2v) is 4.47. The number of amides is 3. The normalized spacial score (nSPS) is 19.9. The molecule has 1 atom stereocenters. The Labute approximate surface area is 102 Å². The predicted molar refractivity (Wildman–Crippen MR) is 63.0 cm³/mol. The number of hydrogen-bond donors (Lipinski definition) is 1. The molecule has 1 saturated heterocycles. The second-order valence-electron chi connectivity index (χ2n) is 4.47. The van der Waals surface area contributed by atoms with Crippen LogP contribution in [0.15, 0.2) is 0 Å². The first kappa shape index (κ1) is 13.7. The van der Waals surface area contributed by atoms with Crippen LogP contribution in [0.4, 0.5) is 0 Å². The van der Waals surface area contributed by atoms with Crippen LogP contribution in [0.25, 0.3) is 0 Å². The summed E-state index contributed by atoms with van der Waals surface area (Å²) in [6.45, 7) is 2.28. The zero-order chi connectivity index (χ0) is 12.8. The molecule has 96 valence electrons. The fraction of sp³-hybridized carbons (Fsp3) is 0.750. The molecular weight excluding hydrogens is 220 g/mol. The predicted octanol–water partition coefficient (Wildman–Crippen LogP) is 0.688. The van der Waals surface area contributed by atoms with Gasteiger partial charge >= 0.3 is 0 Å². The maximum Gasteiger partial charge on any atom is 0.232 e. The van der Waals surface area contributed by atoms with Crippen LogP contribution in [0.5, 0.6) is 0 Å². The van der Waals surface area contributed by atoms with Gasteiger partial charge in [0.05, 0.1) is 0 Å². The Kier molecular flexibility index (Phi) is 5.12. The highest BCUT2D eigenvalue weighted by Crippen LogP contribution is 2.19. The molecule has 0 saturated carbocycles. The van der Waals surface area contributed by atoms with E-state index in [1.807, 2.05) is 0 Å². The van der Waals surface area contributed by atoms with Crippen molar-refractivity contribution in [2.75, 3.05) is 13.6 Å². The molecule has 1 rings (SSSR count). The van der Waals surface area contributed by atoms with E-state index >= 15 is 0 Å². The van der Waals surface area contributed by atoms with Gasteiger partial charge in [0.2, 0.25) is 17.7 Å². The molecule has 5 nitrogen and oxygen atoms in total. The minimum absolute atomic E-state index is 0.0342. The van der Waals surface area contributed by atoms with Crippen molar-refractivity contribution >= 4 is 17.7 Å². The van der Waals surface area contributed by atoms with Crippen molar-refractivity contribution in [2.45, 2.75) is 39.0 Å². The van der Waals surface area contributed by atoms with Crippen LogP contribution < -0.4 is 5.32 Å². The lowest BCUT2D eigenvalue weighted by Crippen LogP contribution is -2.31. The molecular formula is C12H20N2O3. The summed E-state index contributed by atoms with van der Waals surface area (Å²) in [7, 11) is 1.62. The van der Waals surface area contributed by atoms with Crippen LogP contribution in [0.2, 0.25) is 0 Å². The quantitative estimate of drug-likeness (QED) is 0.548. The molecule has 0 bridgehead atoms. The average Bonchev–Trinajstić information content (AvgIpc) is 2.54. The zero-order valence-electron chi connectivity index (χ0n) is 10.5. The first-order chi connectivity index (χ1) is 8.06. The second kappa shape index (κ2) is 6.37. The van der Waals surface area contributed by atoms with E-state index in [1.54, 1.807) is 14.0 Å². The topological polar surface area (TPSA) is 66.5 Å². The van der Waals surface area contributed by atoms with Crippen molar-refractivity contribution in [3.63, 3.8) is 0 Å². The molecule has 3 amide bonds. The summed E-state index contributed by atoms with van der Waals surface area (Å²) in [6, 6.07) is 0. The molecule has 0 aliphatic carbocycles. The Bertz CT molecular complexity index is 315. The van der Waals surface area contributed by atoms with Crippen LogP contribution in [-0.2, 0) is 14.4 Å². The van der Waals surface area contributed by atoms with Crippen LogP contribution >= 0.6 is 0 Å². The fourth-order valence-corrected chi connectivity index (χ4v) is 1.94. The van der Waals surface area contributed by atoms with E-state index in [9.17, 15) is 14.4 Å². The van der Waals surface area contributed by atoms with E-state index in [1.165, 1.54) is 4.90 Å². The minimum Gasteiger partial charge on any atom is -0.359 e. The summed E-state index contributed by atoms with van der Waals surface area (Å²) in [5, 5.41) is 2.56. The van der Waals surface area contributed by atoms with Crippen molar-refractivity contribution in [1.82, 2.24) is 10.2 Å². The highest BCUT2D eigenvalue weighted by molar-refractivity contribution is 6.03. The van der Waals surface area contributed by atoms with E-state index in [0.717, 1.165) is 19.3 Å². The number of likely N-dealkylation sites (tertiary alicyclic amines) is 1. The summed E-state index contributed by atoms with van der Waals surface area (Å²) in [5.41, 5.74) is 0. The molecule has 0 aromatic rings. The Balaban J connectivity index is 2.17. The minimum atomic E-state index is -0.159. The number of unbranched alkanes of at least 4 members (excludes halogenated alkanes) is 2. The van der Waals surface area contributed by atoms with Gasteiger partial charge in [-0.25, -0.2) is 0 Å². The van der Waals surface area contributed by atoms with Crippen LogP contribution in [0.3, 0.4) is 0 Å². The molecule has 0 radical (unpaired) electrons. The maximum atomic E-state index is 11.6. The van der Waals surface area contributed by atoms with Crippen LogP contribution in [0.1, 0.15) is 39.0 Å². The van der Waals surface area contributed by atoms with Gasteiger partial charge in [-0.05, 0) is 12.8 Å². The van der Waals surface area contributed by atoms with Gasteiger partial charge in [-0.3, -0.25) is 19.3 Å². The lowest BCUT2D eigenvalue weighted by Gasteiger charge is -2.13. The maximum absolute atomic E-state index is 11.6. The molecule has 0 aromatic heterocycles. The molecule has 0 spiro atoms. The fourth-order valence-electron chi connectivity index (χ4n) is 1.94. The lowest BCUT2D eigenvalue weighted by molar-refractivity contribution is -0.139. The van der Waals surface area contributed by atoms with Crippen molar-refractivity contribution < 1.29 is 14.4 Å². The van der Waals surface area contributed by atoms with Crippen LogP contribution in [-0.4, -0.2) is 36.2 Å². The van der Waals surface area contributed by atoms with Gasteiger partial charge in [0, 0.05) is 32.4 Å². The summed E-state index contributed by atoms with van der Waals surface area (Å²) < 4.78 is 0. The third-order valence-electron chi connectivity index (χ3n) is 3.03. The van der Waals surface area contributed by atoms with Gasteiger partial charge in [-0.1, -0.05) is 13.3 Å². The highest BCUT2D eigenvalue weighted by atomic mass is 16.2. The Morgan fingerprint density at radius 2 is 2.06 bits per heavy atom. The molecule has 1 unspecified atom stereocenters. The summed E-state index contributed by atoms with van der Waals surface area (Å²) in [6.07, 6.45) is 3.29. The number of carbonyl (C=O) groups is 3. The van der Waals surface area contributed by atoms with Gasteiger partial charge in [-0.2, -0.15) is 0 Å². The number of carbonyl (C=O) groups excluding carboxylic acids is 3. The van der Waals surface area contributed by atoms with Crippen LogP contribution in [0, 0.1) is 5.92 Å². The molecule has 1 N–H and O–H groups in total. The van der Waals surface area contributed by atoms with Crippen molar-refractivity contribution in [2.24, 2.45) is 5.92 Å². The largest absolute Gasteiger partial charge is 0.359 e. The Hall–Kier alpha value is -1.39. The standard InChI is InChI=1S/C12H20N2O3/c1-9-8-11(16)14(12(9)17)7-5-3-4-6-10(15)13-2/h9H,3-8H2,1-2H3,(H,13,15). The number of imide groups is 1. The van der Waals surface area contributed by atoms with Gasteiger partial charge in [-0.15, -0.1) is 0 Å². The Morgan fingerprint density at radius 1 is 1.35 bits per heavy atom. The molecule has 17 heavy (non-hydrogen) atoms. The van der Waals surface area contributed by atoms with Gasteiger partial charge in [0.25, 0.3) is 0 Å². The number of nitrogens with zero attached hydrogens (tertiary/aromatic N) is 1. The number of nitrogens with one attached hydrogen (secondary N) is 1. The number of hydrogen-bond acceptors (Lipinski definition) is 3. The lowest BCUT2D eigenvalue weighted by atomic mass is 10.1. The van der Waals surface area contributed by atoms with Gasteiger partial charge in [0.1, 0.15) is 0 Å². The SMILES string of the molecule is CNC(=O)CCCCCN1C(=O)CC(C)C1=O. The summed E-state index contributed by atoms with van der Waals surface area (Å²) in [5.74, 6) is -0.240. The molecule has 1 aliphatic heterocycles. The number of rotatable bonds is 6. The monoisotopic (exact) mass is 240 g/mol. The third kappa shape index (κ3) is 3.84. The van der Waals surface area contributed by atoms with E-state index in [2.05, 4.69) is 5.32 Å². The van der Waals surface area contributed by atoms with E-state index in [-0.39, 0.29) is 23.6 Å². The van der Waals surface area contributed by atoms with Gasteiger partial charge < -0.3 is 5.32 Å². The van der Waals surface area contributed by atoms with Crippen molar-refractivity contribution in [3.05, 3.63) is 0 Å². The third-order valence-corrected chi connectivity index (χ3v) is 3.03. The summed E-state index contributed by atoms with van der Waals surface area (Å²) in [4.78, 5) is 35.3. The van der Waals surface area contributed by atoms with E-state index in [0.29, 0.717) is 19.4 Å². The van der Waals surface area contributed by atoms with Crippen molar-refractivity contribution in [3.8, 4) is 0 Å². The molecule has 0 aromatic carbocycles. The van der Waals surface area contributed by atoms with Gasteiger partial charge in [0.15, 0.2) is 0 Å². The average molecular weight is 240 g/mol. The Morgan fingerprint density at radius 3 is 2.59 bits per heavy atom. The highest BCUT2D eigenvalue weighted by Gasteiger charge is 2.34. The zero-order valence-corrected chi connectivity index (χ0v) is 10.5. The molecule has 1 heterocycles.